The quantitative estimate of drug-likeness (QED) is 0.580. The van der Waals surface area contributed by atoms with Crippen molar-refractivity contribution in [1.82, 2.24) is 4.90 Å². The zero-order valence-corrected chi connectivity index (χ0v) is 14.6. The molecule has 0 radical (unpaired) electrons. The number of carbonyl (C=O) groups is 3. The van der Waals surface area contributed by atoms with Gasteiger partial charge >= 0.3 is 18.0 Å². The summed E-state index contributed by atoms with van der Waals surface area (Å²) in [6.45, 7) is 7.84. The molecule has 132 valence electrons. The molecule has 1 heterocycles. The summed E-state index contributed by atoms with van der Waals surface area (Å²) in [6.07, 6.45) is 0.465. The van der Waals surface area contributed by atoms with Gasteiger partial charge in [-0.05, 0) is 40.5 Å². The number of nitrogens with zero attached hydrogens (tertiary/aromatic N) is 1. The van der Waals surface area contributed by atoms with Crippen LogP contribution < -0.4 is 0 Å². The van der Waals surface area contributed by atoms with E-state index in [1.54, 1.807) is 27.7 Å². The van der Waals surface area contributed by atoms with Crippen molar-refractivity contribution in [3.63, 3.8) is 0 Å². The average molecular weight is 329 g/mol. The second kappa shape index (κ2) is 7.66. The Kier molecular flexibility index (Phi) is 6.41. The van der Waals surface area contributed by atoms with E-state index in [1.807, 2.05) is 0 Å². The van der Waals surface area contributed by atoms with E-state index in [4.69, 9.17) is 14.2 Å². The second-order valence-electron chi connectivity index (χ2n) is 6.76. The molecule has 1 unspecified atom stereocenters. The Bertz CT molecular complexity index is 456. The van der Waals surface area contributed by atoms with E-state index < -0.39 is 29.0 Å². The van der Waals surface area contributed by atoms with Crippen LogP contribution in [0.1, 0.15) is 47.0 Å². The molecular weight excluding hydrogens is 302 g/mol. The number of rotatable bonds is 4. The summed E-state index contributed by atoms with van der Waals surface area (Å²) in [5.41, 5.74) is -1.69. The molecule has 0 N–H and O–H groups in total. The smallest absolute Gasteiger partial charge is 0.410 e. The maximum absolute atomic E-state index is 12.4. The summed E-state index contributed by atoms with van der Waals surface area (Å²) in [4.78, 5) is 37.9. The van der Waals surface area contributed by atoms with Gasteiger partial charge < -0.3 is 19.1 Å². The molecule has 1 atom stereocenters. The molecule has 0 saturated carbocycles. The largest absolute Gasteiger partial charge is 0.469 e. The van der Waals surface area contributed by atoms with Crippen molar-refractivity contribution in [2.45, 2.75) is 52.6 Å². The van der Waals surface area contributed by atoms with Crippen LogP contribution in [0, 0.1) is 5.41 Å². The summed E-state index contributed by atoms with van der Waals surface area (Å²) in [7, 11) is 1.27. The van der Waals surface area contributed by atoms with E-state index in [-0.39, 0.29) is 19.6 Å². The van der Waals surface area contributed by atoms with E-state index in [2.05, 4.69) is 0 Å². The van der Waals surface area contributed by atoms with Gasteiger partial charge in [-0.25, -0.2) is 4.79 Å². The Morgan fingerprint density at radius 3 is 2.39 bits per heavy atom. The molecule has 0 bridgehead atoms. The molecule has 0 spiro atoms. The van der Waals surface area contributed by atoms with Crippen molar-refractivity contribution in [3.05, 3.63) is 0 Å². The van der Waals surface area contributed by atoms with Crippen LogP contribution in [0.15, 0.2) is 0 Å². The van der Waals surface area contributed by atoms with Gasteiger partial charge in [-0.3, -0.25) is 9.59 Å². The number of esters is 2. The normalized spacial score (nSPS) is 21.5. The fourth-order valence-corrected chi connectivity index (χ4v) is 2.63. The topological polar surface area (TPSA) is 82.1 Å². The lowest BCUT2D eigenvalue weighted by molar-refractivity contribution is -0.165. The minimum absolute atomic E-state index is 0.0931. The average Bonchev–Trinajstić information content (AvgIpc) is 2.45. The van der Waals surface area contributed by atoms with Crippen LogP contribution >= 0.6 is 0 Å². The van der Waals surface area contributed by atoms with E-state index >= 15 is 0 Å². The minimum Gasteiger partial charge on any atom is -0.469 e. The van der Waals surface area contributed by atoms with Crippen molar-refractivity contribution in [2.24, 2.45) is 5.41 Å². The first-order valence-corrected chi connectivity index (χ1v) is 7.85. The molecule has 0 aromatic heterocycles. The van der Waals surface area contributed by atoms with Crippen molar-refractivity contribution in [3.8, 4) is 0 Å². The molecular formula is C16H27NO6. The van der Waals surface area contributed by atoms with Crippen LogP contribution in [0.5, 0.6) is 0 Å². The monoisotopic (exact) mass is 329 g/mol. The van der Waals surface area contributed by atoms with E-state index in [9.17, 15) is 14.4 Å². The number of amides is 1. The molecule has 7 nitrogen and oxygen atoms in total. The lowest BCUT2D eigenvalue weighted by Gasteiger charge is -2.40. The van der Waals surface area contributed by atoms with Gasteiger partial charge in [0.25, 0.3) is 0 Å². The van der Waals surface area contributed by atoms with E-state index in [0.717, 1.165) is 0 Å². The number of piperidine rings is 1. The number of ether oxygens (including phenoxy) is 3. The van der Waals surface area contributed by atoms with E-state index in [0.29, 0.717) is 19.4 Å². The van der Waals surface area contributed by atoms with Gasteiger partial charge in [0.15, 0.2) is 0 Å². The van der Waals surface area contributed by atoms with Crippen LogP contribution in [-0.4, -0.2) is 55.3 Å². The highest BCUT2D eigenvalue weighted by molar-refractivity contribution is 5.84. The first-order valence-electron chi connectivity index (χ1n) is 7.85. The second-order valence-corrected chi connectivity index (χ2v) is 6.76. The number of hydrogen-bond acceptors (Lipinski definition) is 6. The van der Waals surface area contributed by atoms with Gasteiger partial charge in [-0.1, -0.05) is 0 Å². The summed E-state index contributed by atoms with van der Waals surface area (Å²) in [5, 5.41) is 0. The third-order valence-electron chi connectivity index (χ3n) is 3.65. The van der Waals surface area contributed by atoms with E-state index in [1.165, 1.54) is 12.0 Å². The molecule has 0 aliphatic carbocycles. The van der Waals surface area contributed by atoms with Crippen LogP contribution in [0.4, 0.5) is 4.79 Å². The number of hydrogen-bond donors (Lipinski definition) is 0. The van der Waals surface area contributed by atoms with Crippen molar-refractivity contribution >= 4 is 18.0 Å². The van der Waals surface area contributed by atoms with Crippen molar-refractivity contribution < 1.29 is 28.6 Å². The molecule has 0 aromatic carbocycles. The molecule has 23 heavy (non-hydrogen) atoms. The lowest BCUT2D eigenvalue weighted by atomic mass is 9.77. The molecule has 1 amide bonds. The highest BCUT2D eigenvalue weighted by Gasteiger charge is 2.47. The van der Waals surface area contributed by atoms with Gasteiger partial charge in [-0.2, -0.15) is 0 Å². The molecule has 1 aliphatic heterocycles. The van der Waals surface area contributed by atoms with Crippen LogP contribution in [-0.2, 0) is 23.8 Å². The van der Waals surface area contributed by atoms with Gasteiger partial charge in [0.05, 0.1) is 25.6 Å². The Morgan fingerprint density at radius 1 is 1.22 bits per heavy atom. The standard InChI is InChI=1S/C16H27NO6/c1-6-22-13(19)16(10-12(18)21-5)8-7-9-17(11-16)14(20)23-15(2,3)4/h6-11H2,1-5H3. The van der Waals surface area contributed by atoms with Crippen LogP contribution in [0.25, 0.3) is 0 Å². The fourth-order valence-electron chi connectivity index (χ4n) is 2.63. The predicted molar refractivity (Wildman–Crippen MR) is 82.7 cm³/mol. The summed E-state index contributed by atoms with van der Waals surface area (Å²) in [5.74, 6) is -0.970. The third kappa shape index (κ3) is 5.41. The first kappa shape index (κ1) is 19.3. The fraction of sp³-hybridized carbons (Fsp3) is 0.812. The lowest BCUT2D eigenvalue weighted by Crippen LogP contribution is -2.52. The van der Waals surface area contributed by atoms with Gasteiger partial charge in [0, 0.05) is 13.1 Å². The molecule has 1 aliphatic rings. The van der Waals surface area contributed by atoms with Crippen molar-refractivity contribution in [2.75, 3.05) is 26.8 Å². The van der Waals surface area contributed by atoms with Gasteiger partial charge in [-0.15, -0.1) is 0 Å². The Balaban J connectivity index is 2.95. The van der Waals surface area contributed by atoms with Crippen LogP contribution in [0.2, 0.25) is 0 Å². The molecule has 0 aromatic rings. The first-order chi connectivity index (χ1) is 10.6. The maximum atomic E-state index is 12.4. The maximum Gasteiger partial charge on any atom is 0.410 e. The van der Waals surface area contributed by atoms with Gasteiger partial charge in [0.1, 0.15) is 5.60 Å². The molecule has 7 heteroatoms. The predicted octanol–water partition coefficient (Wildman–Crippen LogP) is 2.13. The highest BCUT2D eigenvalue weighted by Crippen LogP contribution is 2.36. The summed E-state index contributed by atoms with van der Waals surface area (Å²) in [6, 6.07) is 0. The molecule has 1 saturated heterocycles. The Labute approximate surface area is 137 Å². The number of carbonyl (C=O) groups excluding carboxylic acids is 3. The SMILES string of the molecule is CCOC(=O)C1(CC(=O)OC)CCCN(C(=O)OC(C)(C)C)C1. The zero-order chi connectivity index (χ0) is 17.7. The zero-order valence-electron chi connectivity index (χ0n) is 14.6. The molecule has 1 fully saturated rings. The Morgan fingerprint density at radius 2 is 1.87 bits per heavy atom. The van der Waals surface area contributed by atoms with Crippen LogP contribution in [0.3, 0.4) is 0 Å². The number of likely N-dealkylation sites (tertiary alicyclic amines) is 1. The third-order valence-corrected chi connectivity index (χ3v) is 3.65. The summed E-state index contributed by atoms with van der Waals surface area (Å²) < 4.78 is 15.2. The molecule has 1 rings (SSSR count). The number of methoxy groups -OCH3 is 1. The van der Waals surface area contributed by atoms with Crippen molar-refractivity contribution in [1.29, 1.82) is 0 Å². The Hall–Kier alpha value is -1.79. The summed E-state index contributed by atoms with van der Waals surface area (Å²) >= 11 is 0. The van der Waals surface area contributed by atoms with Gasteiger partial charge in [0.2, 0.25) is 0 Å². The highest BCUT2D eigenvalue weighted by atomic mass is 16.6. The minimum atomic E-state index is -1.07.